The predicted molar refractivity (Wildman–Crippen MR) is 112 cm³/mol. The third-order valence-corrected chi connectivity index (χ3v) is 6.44. The summed E-state index contributed by atoms with van der Waals surface area (Å²) in [5.74, 6) is -1.12. The van der Waals surface area contributed by atoms with Gasteiger partial charge >= 0.3 is 5.97 Å². The molecule has 1 aliphatic rings. The molecule has 150 valence electrons. The maximum Gasteiger partial charge on any atom is 0.335 e. The van der Waals surface area contributed by atoms with Crippen molar-refractivity contribution in [2.24, 2.45) is 0 Å². The summed E-state index contributed by atoms with van der Waals surface area (Å²) in [7, 11) is -3.61. The zero-order valence-electron chi connectivity index (χ0n) is 16.6. The highest BCUT2D eigenvalue weighted by Gasteiger charge is 2.34. The molecule has 0 saturated carbocycles. The van der Waals surface area contributed by atoms with Crippen LogP contribution in [0.25, 0.3) is 11.1 Å². The molecule has 5 nitrogen and oxygen atoms in total. The first kappa shape index (κ1) is 20.4. The number of carboxylic acids is 1. The standard InChI is InChI=1S/C22H27NO4S/c1-4-6-12-23-18(9-5-2)16-10-7-8-11-17(16)21-19(23)13-15(22(24)25)14-20(21)28(3,26)27/h7-8,10-11,13-14,18H,4-6,9,12H2,1-3H3,(H,24,25). The Labute approximate surface area is 166 Å². The number of benzene rings is 2. The van der Waals surface area contributed by atoms with Crippen molar-refractivity contribution in [2.45, 2.75) is 50.5 Å². The summed E-state index contributed by atoms with van der Waals surface area (Å²) in [5, 5.41) is 9.59. The Balaban J connectivity index is 2.39. The van der Waals surface area contributed by atoms with E-state index in [1.807, 2.05) is 18.2 Å². The lowest BCUT2D eigenvalue weighted by Gasteiger charge is -2.41. The normalized spacial score (nSPS) is 15.8. The zero-order chi connectivity index (χ0) is 20.5. The SMILES string of the molecule is CCCCN1c2cc(C(=O)O)cc(S(C)(=O)=O)c2-c2ccccc2C1CCC. The monoisotopic (exact) mass is 401 g/mol. The van der Waals surface area contributed by atoms with E-state index in [1.54, 1.807) is 6.07 Å². The molecule has 1 heterocycles. The first-order valence-electron chi connectivity index (χ1n) is 9.76. The minimum absolute atomic E-state index is 0.00954. The third kappa shape index (κ3) is 3.65. The molecule has 2 aromatic carbocycles. The Bertz CT molecular complexity index is 998. The molecule has 1 N–H and O–H groups in total. The Morgan fingerprint density at radius 2 is 1.86 bits per heavy atom. The molecular weight excluding hydrogens is 374 g/mol. The molecule has 6 heteroatoms. The molecular formula is C22H27NO4S. The molecule has 28 heavy (non-hydrogen) atoms. The van der Waals surface area contributed by atoms with E-state index in [0.29, 0.717) is 11.3 Å². The number of hydrogen-bond acceptors (Lipinski definition) is 4. The predicted octanol–water partition coefficient (Wildman–Crippen LogP) is 4.92. The van der Waals surface area contributed by atoms with Crippen molar-refractivity contribution < 1.29 is 18.3 Å². The van der Waals surface area contributed by atoms with Crippen molar-refractivity contribution in [2.75, 3.05) is 17.7 Å². The van der Waals surface area contributed by atoms with Crippen LogP contribution in [0.2, 0.25) is 0 Å². The molecule has 1 unspecified atom stereocenters. The van der Waals surface area contributed by atoms with E-state index in [0.717, 1.165) is 49.6 Å². The van der Waals surface area contributed by atoms with E-state index in [1.165, 1.54) is 6.07 Å². The van der Waals surface area contributed by atoms with Crippen LogP contribution in [0, 0.1) is 0 Å². The number of carboxylic acid groups (broad SMARTS) is 1. The quantitative estimate of drug-likeness (QED) is 0.713. The van der Waals surface area contributed by atoms with Crippen molar-refractivity contribution in [3.8, 4) is 11.1 Å². The van der Waals surface area contributed by atoms with Gasteiger partial charge in [0, 0.05) is 24.1 Å². The van der Waals surface area contributed by atoms with Crippen molar-refractivity contribution in [1.29, 1.82) is 0 Å². The number of nitrogens with zero attached hydrogens (tertiary/aromatic N) is 1. The van der Waals surface area contributed by atoms with Crippen molar-refractivity contribution in [1.82, 2.24) is 0 Å². The maximum atomic E-state index is 12.6. The highest BCUT2D eigenvalue weighted by Crippen LogP contribution is 2.49. The number of rotatable bonds is 7. The minimum Gasteiger partial charge on any atom is -0.478 e. The van der Waals surface area contributed by atoms with Gasteiger partial charge in [-0.15, -0.1) is 0 Å². The molecule has 0 aromatic heterocycles. The number of aromatic carboxylic acids is 1. The molecule has 2 aromatic rings. The van der Waals surface area contributed by atoms with Gasteiger partial charge in [-0.25, -0.2) is 13.2 Å². The molecule has 1 atom stereocenters. The second kappa shape index (κ2) is 7.95. The largest absolute Gasteiger partial charge is 0.478 e. The molecule has 3 rings (SSSR count). The second-order valence-electron chi connectivity index (χ2n) is 7.38. The average molecular weight is 402 g/mol. The number of unbranched alkanes of at least 4 members (excludes halogenated alkanes) is 1. The van der Waals surface area contributed by atoms with Gasteiger partial charge < -0.3 is 10.0 Å². The fraction of sp³-hybridized carbons (Fsp3) is 0.409. The number of fused-ring (bicyclic) bond motifs is 3. The summed E-state index contributed by atoms with van der Waals surface area (Å²) in [6.07, 6.45) is 5.00. The minimum atomic E-state index is -3.61. The van der Waals surface area contributed by atoms with Crippen LogP contribution in [0.4, 0.5) is 5.69 Å². The van der Waals surface area contributed by atoms with Crippen molar-refractivity contribution >= 4 is 21.5 Å². The second-order valence-corrected chi connectivity index (χ2v) is 9.37. The van der Waals surface area contributed by atoms with Crippen LogP contribution >= 0.6 is 0 Å². The highest BCUT2D eigenvalue weighted by atomic mass is 32.2. The molecule has 0 spiro atoms. The van der Waals surface area contributed by atoms with Gasteiger partial charge in [0.25, 0.3) is 0 Å². The number of carbonyl (C=O) groups is 1. The van der Waals surface area contributed by atoms with E-state index >= 15 is 0 Å². The molecule has 0 saturated heterocycles. The van der Waals surface area contributed by atoms with Gasteiger partial charge in [0.05, 0.1) is 16.5 Å². The summed E-state index contributed by atoms with van der Waals surface area (Å²) in [4.78, 5) is 14.0. The molecule has 0 radical (unpaired) electrons. The van der Waals surface area contributed by atoms with E-state index in [-0.39, 0.29) is 16.5 Å². The Morgan fingerprint density at radius 3 is 2.46 bits per heavy atom. The van der Waals surface area contributed by atoms with Crippen LogP contribution in [0.5, 0.6) is 0 Å². The van der Waals surface area contributed by atoms with Crippen molar-refractivity contribution in [3.63, 3.8) is 0 Å². The first-order valence-corrected chi connectivity index (χ1v) is 11.7. The number of hydrogen-bond donors (Lipinski definition) is 1. The molecule has 0 amide bonds. The smallest absolute Gasteiger partial charge is 0.335 e. The van der Waals surface area contributed by atoms with Gasteiger partial charge in [-0.05, 0) is 36.1 Å². The van der Waals surface area contributed by atoms with Crippen LogP contribution in [0.3, 0.4) is 0 Å². The van der Waals surface area contributed by atoms with E-state index < -0.39 is 15.8 Å². The van der Waals surface area contributed by atoms with Crippen LogP contribution in [-0.2, 0) is 9.84 Å². The van der Waals surface area contributed by atoms with Crippen LogP contribution in [0.1, 0.15) is 61.5 Å². The van der Waals surface area contributed by atoms with E-state index in [2.05, 4.69) is 24.8 Å². The summed E-state index contributed by atoms with van der Waals surface area (Å²) < 4.78 is 25.2. The van der Waals surface area contributed by atoms with Crippen LogP contribution in [0.15, 0.2) is 41.3 Å². The molecule has 1 aliphatic heterocycles. The van der Waals surface area contributed by atoms with Gasteiger partial charge in [-0.1, -0.05) is 51.0 Å². The van der Waals surface area contributed by atoms with Gasteiger partial charge in [-0.3, -0.25) is 0 Å². The van der Waals surface area contributed by atoms with E-state index in [9.17, 15) is 18.3 Å². The summed E-state index contributed by atoms with van der Waals surface area (Å²) >= 11 is 0. The first-order chi connectivity index (χ1) is 13.3. The van der Waals surface area contributed by atoms with Crippen LogP contribution < -0.4 is 4.90 Å². The molecule has 0 bridgehead atoms. The topological polar surface area (TPSA) is 74.7 Å². The third-order valence-electron chi connectivity index (χ3n) is 5.32. The molecule has 0 aliphatic carbocycles. The lowest BCUT2D eigenvalue weighted by atomic mass is 9.85. The number of sulfone groups is 1. The van der Waals surface area contributed by atoms with Gasteiger partial charge in [0.15, 0.2) is 9.84 Å². The fourth-order valence-electron chi connectivity index (χ4n) is 4.05. The van der Waals surface area contributed by atoms with Gasteiger partial charge in [0.1, 0.15) is 0 Å². The lowest BCUT2D eigenvalue weighted by molar-refractivity contribution is 0.0696. The fourth-order valence-corrected chi connectivity index (χ4v) is 4.98. The zero-order valence-corrected chi connectivity index (χ0v) is 17.4. The van der Waals surface area contributed by atoms with Gasteiger partial charge in [0.2, 0.25) is 0 Å². The van der Waals surface area contributed by atoms with Gasteiger partial charge in [-0.2, -0.15) is 0 Å². The number of anilines is 1. The highest BCUT2D eigenvalue weighted by molar-refractivity contribution is 7.90. The summed E-state index contributed by atoms with van der Waals surface area (Å²) in [6.45, 7) is 5.00. The lowest BCUT2D eigenvalue weighted by Crippen LogP contribution is -2.34. The van der Waals surface area contributed by atoms with Crippen molar-refractivity contribution in [3.05, 3.63) is 47.5 Å². The average Bonchev–Trinajstić information content (AvgIpc) is 2.66. The Kier molecular flexibility index (Phi) is 5.79. The Morgan fingerprint density at radius 1 is 1.14 bits per heavy atom. The van der Waals surface area contributed by atoms with E-state index in [4.69, 9.17) is 0 Å². The molecule has 0 fully saturated rings. The van der Waals surface area contributed by atoms with Crippen LogP contribution in [-0.4, -0.2) is 32.3 Å². The summed E-state index contributed by atoms with van der Waals surface area (Å²) in [5.41, 5.74) is 3.36. The Hall–Kier alpha value is -2.34. The summed E-state index contributed by atoms with van der Waals surface area (Å²) in [6, 6.07) is 10.9. The maximum absolute atomic E-state index is 12.6.